The molecule has 0 aliphatic carbocycles. The molecule has 1 heterocycles. The Morgan fingerprint density at radius 1 is 1.00 bits per heavy atom. The molecule has 0 saturated heterocycles. The van der Waals surface area contributed by atoms with Crippen molar-refractivity contribution in [3.8, 4) is 0 Å². The van der Waals surface area contributed by atoms with E-state index in [1.165, 1.54) is 5.56 Å². The SMILES string of the molecule is CC(C)CNc1cc(NCc2ccccc2)ncn1. The predicted molar refractivity (Wildman–Crippen MR) is 79.1 cm³/mol. The van der Waals surface area contributed by atoms with Gasteiger partial charge in [0.05, 0.1) is 0 Å². The van der Waals surface area contributed by atoms with E-state index in [1.807, 2.05) is 24.3 Å². The highest BCUT2D eigenvalue weighted by molar-refractivity contribution is 5.46. The first-order valence-electron chi connectivity index (χ1n) is 6.58. The summed E-state index contributed by atoms with van der Waals surface area (Å²) in [5, 5.41) is 6.59. The van der Waals surface area contributed by atoms with Gasteiger partial charge in [0.2, 0.25) is 0 Å². The van der Waals surface area contributed by atoms with Gasteiger partial charge >= 0.3 is 0 Å². The van der Waals surface area contributed by atoms with Crippen LogP contribution in [0.5, 0.6) is 0 Å². The van der Waals surface area contributed by atoms with Gasteiger partial charge in [-0.25, -0.2) is 9.97 Å². The van der Waals surface area contributed by atoms with Crippen molar-refractivity contribution in [1.82, 2.24) is 9.97 Å². The van der Waals surface area contributed by atoms with Crippen LogP contribution in [0.3, 0.4) is 0 Å². The Labute approximate surface area is 114 Å². The Bertz CT molecular complexity index is 497. The second-order valence-corrected chi connectivity index (χ2v) is 4.90. The summed E-state index contributed by atoms with van der Waals surface area (Å²) < 4.78 is 0. The van der Waals surface area contributed by atoms with Crippen LogP contribution in [0.2, 0.25) is 0 Å². The zero-order valence-electron chi connectivity index (χ0n) is 11.4. The molecule has 0 unspecified atom stereocenters. The standard InChI is InChI=1S/C15H20N4/c1-12(2)9-16-14-8-15(19-11-18-14)17-10-13-6-4-3-5-7-13/h3-8,11-12H,9-10H2,1-2H3,(H2,16,17,18,19). The summed E-state index contributed by atoms with van der Waals surface area (Å²) in [6.07, 6.45) is 1.58. The van der Waals surface area contributed by atoms with Gasteiger partial charge in [-0.05, 0) is 11.5 Å². The second kappa shape index (κ2) is 6.73. The van der Waals surface area contributed by atoms with E-state index < -0.39 is 0 Å². The minimum absolute atomic E-state index is 0.593. The van der Waals surface area contributed by atoms with Crippen LogP contribution >= 0.6 is 0 Å². The van der Waals surface area contributed by atoms with Crippen molar-refractivity contribution in [2.24, 2.45) is 5.92 Å². The number of hydrogen-bond donors (Lipinski definition) is 2. The fourth-order valence-electron chi connectivity index (χ4n) is 1.65. The quantitative estimate of drug-likeness (QED) is 0.833. The molecule has 4 heteroatoms. The maximum Gasteiger partial charge on any atom is 0.131 e. The highest BCUT2D eigenvalue weighted by atomic mass is 15.1. The summed E-state index contributed by atoms with van der Waals surface area (Å²) in [4.78, 5) is 8.42. The van der Waals surface area contributed by atoms with Gasteiger partial charge in [-0.1, -0.05) is 44.2 Å². The minimum Gasteiger partial charge on any atom is -0.370 e. The van der Waals surface area contributed by atoms with E-state index in [1.54, 1.807) is 6.33 Å². The van der Waals surface area contributed by atoms with Gasteiger partial charge in [0.25, 0.3) is 0 Å². The monoisotopic (exact) mass is 256 g/mol. The molecule has 0 aliphatic rings. The highest BCUT2D eigenvalue weighted by Gasteiger charge is 2.00. The van der Waals surface area contributed by atoms with E-state index in [2.05, 4.69) is 46.6 Å². The van der Waals surface area contributed by atoms with Gasteiger partial charge in [-0.2, -0.15) is 0 Å². The maximum atomic E-state index is 4.22. The van der Waals surface area contributed by atoms with Gasteiger partial charge in [-0.15, -0.1) is 0 Å². The molecule has 2 aromatic rings. The smallest absolute Gasteiger partial charge is 0.131 e. The Morgan fingerprint density at radius 2 is 1.68 bits per heavy atom. The van der Waals surface area contributed by atoms with Crippen LogP contribution in [0.25, 0.3) is 0 Å². The third-order valence-corrected chi connectivity index (χ3v) is 2.67. The van der Waals surface area contributed by atoms with Crippen LogP contribution < -0.4 is 10.6 Å². The number of hydrogen-bond acceptors (Lipinski definition) is 4. The van der Waals surface area contributed by atoms with Crippen molar-refractivity contribution in [2.75, 3.05) is 17.2 Å². The van der Waals surface area contributed by atoms with Crippen molar-refractivity contribution >= 4 is 11.6 Å². The molecule has 1 aromatic carbocycles. The average Bonchev–Trinajstić information content (AvgIpc) is 2.44. The number of anilines is 2. The lowest BCUT2D eigenvalue weighted by molar-refractivity contribution is 0.687. The number of rotatable bonds is 6. The van der Waals surface area contributed by atoms with E-state index in [0.29, 0.717) is 5.92 Å². The van der Waals surface area contributed by atoms with Crippen molar-refractivity contribution < 1.29 is 0 Å². The molecule has 4 nitrogen and oxygen atoms in total. The second-order valence-electron chi connectivity index (χ2n) is 4.90. The van der Waals surface area contributed by atoms with E-state index in [0.717, 1.165) is 24.7 Å². The number of benzene rings is 1. The molecule has 19 heavy (non-hydrogen) atoms. The predicted octanol–water partition coefficient (Wildman–Crippen LogP) is 3.16. The molecule has 0 fully saturated rings. The van der Waals surface area contributed by atoms with Gasteiger partial charge in [0.1, 0.15) is 18.0 Å². The largest absolute Gasteiger partial charge is 0.370 e. The first-order valence-corrected chi connectivity index (χ1v) is 6.58. The van der Waals surface area contributed by atoms with Crippen LogP contribution in [-0.2, 0) is 6.54 Å². The van der Waals surface area contributed by atoms with E-state index >= 15 is 0 Å². The zero-order chi connectivity index (χ0) is 13.5. The molecule has 0 saturated carbocycles. The molecular formula is C15H20N4. The Hall–Kier alpha value is -2.10. The third-order valence-electron chi connectivity index (χ3n) is 2.67. The lowest BCUT2D eigenvalue weighted by Crippen LogP contribution is -2.10. The molecule has 0 atom stereocenters. The molecular weight excluding hydrogens is 236 g/mol. The molecule has 0 bridgehead atoms. The van der Waals surface area contributed by atoms with Crippen LogP contribution in [0.4, 0.5) is 11.6 Å². The van der Waals surface area contributed by atoms with Gasteiger partial charge in [0, 0.05) is 19.2 Å². The molecule has 0 amide bonds. The zero-order valence-corrected chi connectivity index (χ0v) is 11.4. The Morgan fingerprint density at radius 3 is 2.37 bits per heavy atom. The van der Waals surface area contributed by atoms with Gasteiger partial charge < -0.3 is 10.6 Å². The van der Waals surface area contributed by atoms with Crippen molar-refractivity contribution in [2.45, 2.75) is 20.4 Å². The first kappa shape index (κ1) is 13.3. The van der Waals surface area contributed by atoms with Gasteiger partial charge in [-0.3, -0.25) is 0 Å². The summed E-state index contributed by atoms with van der Waals surface area (Å²) in [6.45, 7) is 6.02. The summed E-state index contributed by atoms with van der Waals surface area (Å²) in [7, 11) is 0. The molecule has 100 valence electrons. The third kappa shape index (κ3) is 4.58. The summed E-state index contributed by atoms with van der Waals surface area (Å²) >= 11 is 0. The fourth-order valence-corrected chi connectivity index (χ4v) is 1.65. The fraction of sp³-hybridized carbons (Fsp3) is 0.333. The van der Waals surface area contributed by atoms with Crippen LogP contribution in [-0.4, -0.2) is 16.5 Å². The summed E-state index contributed by atoms with van der Waals surface area (Å²) in [5.41, 5.74) is 1.23. The van der Waals surface area contributed by atoms with Crippen molar-refractivity contribution in [3.05, 3.63) is 48.3 Å². The summed E-state index contributed by atoms with van der Waals surface area (Å²) in [5.74, 6) is 2.29. The van der Waals surface area contributed by atoms with Crippen molar-refractivity contribution in [1.29, 1.82) is 0 Å². The summed E-state index contributed by atoms with van der Waals surface area (Å²) in [6, 6.07) is 12.2. The Balaban J connectivity index is 1.91. The highest BCUT2D eigenvalue weighted by Crippen LogP contribution is 2.10. The average molecular weight is 256 g/mol. The molecule has 2 rings (SSSR count). The Kier molecular flexibility index (Phi) is 4.72. The van der Waals surface area contributed by atoms with E-state index in [9.17, 15) is 0 Å². The number of nitrogens with zero attached hydrogens (tertiary/aromatic N) is 2. The number of aromatic nitrogens is 2. The van der Waals surface area contributed by atoms with E-state index in [4.69, 9.17) is 0 Å². The topological polar surface area (TPSA) is 49.8 Å². The minimum atomic E-state index is 0.593. The number of nitrogens with one attached hydrogen (secondary N) is 2. The normalized spacial score (nSPS) is 10.5. The molecule has 2 N–H and O–H groups in total. The molecule has 0 spiro atoms. The van der Waals surface area contributed by atoms with Crippen LogP contribution in [0, 0.1) is 5.92 Å². The lowest BCUT2D eigenvalue weighted by Gasteiger charge is -2.10. The van der Waals surface area contributed by atoms with Crippen molar-refractivity contribution in [3.63, 3.8) is 0 Å². The molecule has 0 aliphatic heterocycles. The van der Waals surface area contributed by atoms with Gasteiger partial charge in [0.15, 0.2) is 0 Å². The maximum absolute atomic E-state index is 4.22. The lowest BCUT2D eigenvalue weighted by atomic mass is 10.2. The molecule has 1 aromatic heterocycles. The van der Waals surface area contributed by atoms with Crippen LogP contribution in [0.15, 0.2) is 42.7 Å². The van der Waals surface area contributed by atoms with Crippen LogP contribution in [0.1, 0.15) is 19.4 Å². The molecule has 0 radical (unpaired) electrons. The first-order chi connectivity index (χ1) is 9.24. The van der Waals surface area contributed by atoms with E-state index in [-0.39, 0.29) is 0 Å².